The lowest BCUT2D eigenvalue weighted by molar-refractivity contribution is 0.328. The van der Waals surface area contributed by atoms with E-state index in [2.05, 4.69) is 42.5 Å². The molecule has 3 atom stereocenters. The van der Waals surface area contributed by atoms with Gasteiger partial charge in [-0.15, -0.1) is 0 Å². The third-order valence-electron chi connectivity index (χ3n) is 3.42. The van der Waals surface area contributed by atoms with E-state index in [9.17, 15) is 0 Å². The highest BCUT2D eigenvalue weighted by Crippen LogP contribution is 2.30. The first kappa shape index (κ1) is 11.1. The highest BCUT2D eigenvalue weighted by Gasteiger charge is 2.19. The van der Waals surface area contributed by atoms with Crippen molar-refractivity contribution in [1.29, 1.82) is 0 Å². The molecule has 0 bridgehead atoms. The Bertz CT molecular complexity index is 99.0. The Kier molecular flexibility index (Phi) is 4.87. The molecule has 0 aliphatic heterocycles. The molecule has 3 unspecified atom stereocenters. The second kappa shape index (κ2) is 4.85. The Labute approximate surface area is 73.2 Å². The summed E-state index contributed by atoms with van der Waals surface area (Å²) in [6.07, 6.45) is 1.32. The lowest BCUT2D eigenvalue weighted by Gasteiger charge is -2.28. The summed E-state index contributed by atoms with van der Waals surface area (Å²) in [5, 5.41) is 0. The molecular formula is C10H23B. The molecule has 0 N–H and O–H groups in total. The molecular weight excluding hydrogens is 131 g/mol. The van der Waals surface area contributed by atoms with Crippen LogP contribution in [0.2, 0.25) is 5.82 Å². The zero-order chi connectivity index (χ0) is 9.02. The molecule has 0 heterocycles. The summed E-state index contributed by atoms with van der Waals surface area (Å²) in [4.78, 5) is 0. The topological polar surface area (TPSA) is 0 Å². The van der Waals surface area contributed by atoms with E-state index in [4.69, 9.17) is 0 Å². The summed E-state index contributed by atoms with van der Waals surface area (Å²) in [5.41, 5.74) is 0. The summed E-state index contributed by atoms with van der Waals surface area (Å²) in [7, 11) is 2.39. The molecule has 0 fully saturated rings. The van der Waals surface area contributed by atoms with Gasteiger partial charge in [0.2, 0.25) is 0 Å². The predicted molar refractivity (Wildman–Crippen MR) is 55.8 cm³/mol. The summed E-state index contributed by atoms with van der Waals surface area (Å²) >= 11 is 0. The molecule has 0 aliphatic carbocycles. The first-order chi connectivity index (χ1) is 5.00. The van der Waals surface area contributed by atoms with Crippen molar-refractivity contribution in [3.63, 3.8) is 0 Å². The van der Waals surface area contributed by atoms with Gasteiger partial charge >= 0.3 is 0 Å². The minimum absolute atomic E-state index is 0.832. The smallest absolute Gasteiger partial charge is 0.0651 e. The number of hydrogen-bond donors (Lipinski definition) is 0. The summed E-state index contributed by atoms with van der Waals surface area (Å²) < 4.78 is 0. The fourth-order valence-electron chi connectivity index (χ4n) is 1.50. The normalized spacial score (nSPS) is 19.8. The third-order valence-corrected chi connectivity index (χ3v) is 3.42. The van der Waals surface area contributed by atoms with Gasteiger partial charge in [-0.3, -0.25) is 0 Å². The van der Waals surface area contributed by atoms with E-state index in [-0.39, 0.29) is 0 Å². The van der Waals surface area contributed by atoms with Gasteiger partial charge in [0.1, 0.15) is 7.85 Å². The molecule has 66 valence electrons. The predicted octanol–water partition coefficient (Wildman–Crippen LogP) is 2.75. The number of rotatable bonds is 4. The van der Waals surface area contributed by atoms with E-state index in [0.29, 0.717) is 0 Å². The van der Waals surface area contributed by atoms with Crippen molar-refractivity contribution in [2.45, 2.75) is 46.9 Å². The molecule has 11 heavy (non-hydrogen) atoms. The first-order valence-corrected chi connectivity index (χ1v) is 5.00. The highest BCUT2D eigenvalue weighted by molar-refractivity contribution is 6.12. The minimum Gasteiger partial charge on any atom is -0.0651 e. The second-order valence-corrected chi connectivity index (χ2v) is 4.35. The molecule has 0 nitrogen and oxygen atoms in total. The van der Waals surface area contributed by atoms with Crippen LogP contribution < -0.4 is 0 Å². The van der Waals surface area contributed by atoms with Crippen LogP contribution in [0.5, 0.6) is 0 Å². The van der Waals surface area contributed by atoms with Crippen LogP contribution in [-0.2, 0) is 0 Å². The fraction of sp³-hybridized carbons (Fsp3) is 1.00. The number of hydrogen-bond acceptors (Lipinski definition) is 0. The first-order valence-electron chi connectivity index (χ1n) is 5.00. The quantitative estimate of drug-likeness (QED) is 0.546. The largest absolute Gasteiger partial charge is 0.106 e. The maximum absolute atomic E-state index is 2.39. The second-order valence-electron chi connectivity index (χ2n) is 4.35. The Morgan fingerprint density at radius 2 is 1.55 bits per heavy atom. The summed E-state index contributed by atoms with van der Waals surface area (Å²) in [6.45, 7) is 11.7. The van der Waals surface area contributed by atoms with Crippen molar-refractivity contribution in [3.05, 3.63) is 0 Å². The van der Waals surface area contributed by atoms with E-state index in [1.54, 1.807) is 0 Å². The van der Waals surface area contributed by atoms with Crippen LogP contribution in [-0.4, -0.2) is 7.85 Å². The van der Waals surface area contributed by atoms with E-state index in [1.165, 1.54) is 6.42 Å². The maximum atomic E-state index is 2.39. The van der Waals surface area contributed by atoms with Crippen molar-refractivity contribution in [2.75, 3.05) is 0 Å². The van der Waals surface area contributed by atoms with Gasteiger partial charge < -0.3 is 0 Å². The van der Waals surface area contributed by atoms with Crippen LogP contribution in [0.3, 0.4) is 0 Å². The lowest BCUT2D eigenvalue weighted by Crippen LogP contribution is -2.18. The zero-order valence-corrected chi connectivity index (χ0v) is 9.02. The van der Waals surface area contributed by atoms with Crippen LogP contribution in [0.15, 0.2) is 0 Å². The average molecular weight is 154 g/mol. The zero-order valence-electron chi connectivity index (χ0n) is 9.02. The minimum atomic E-state index is 0.832. The summed E-state index contributed by atoms with van der Waals surface area (Å²) in [5.74, 6) is 3.45. The van der Waals surface area contributed by atoms with Gasteiger partial charge in [-0.25, -0.2) is 0 Å². The molecule has 0 aromatic carbocycles. The van der Waals surface area contributed by atoms with Gasteiger partial charge in [0.05, 0.1) is 0 Å². The van der Waals surface area contributed by atoms with E-state index < -0.39 is 0 Å². The van der Waals surface area contributed by atoms with Crippen molar-refractivity contribution < 1.29 is 0 Å². The SMILES string of the molecule is BC(C(C)CC)C(C)C(C)C. The molecule has 0 saturated heterocycles. The standard InChI is InChI=1S/C10H23B/c1-6-8(4)10(11)9(5)7(2)3/h7-10H,6,11H2,1-5H3. The average Bonchev–Trinajstić information content (AvgIpc) is 2.00. The van der Waals surface area contributed by atoms with Crippen molar-refractivity contribution in [1.82, 2.24) is 0 Å². The molecule has 0 saturated carbocycles. The highest BCUT2D eigenvalue weighted by atomic mass is 14.2. The molecule has 0 amide bonds. The van der Waals surface area contributed by atoms with Crippen LogP contribution >= 0.6 is 0 Å². The van der Waals surface area contributed by atoms with Gasteiger partial charge in [-0.05, 0) is 17.8 Å². The molecule has 0 rings (SSSR count). The van der Waals surface area contributed by atoms with Crippen molar-refractivity contribution in [2.24, 2.45) is 17.8 Å². The fourth-order valence-corrected chi connectivity index (χ4v) is 1.50. The van der Waals surface area contributed by atoms with Gasteiger partial charge in [0.25, 0.3) is 0 Å². The van der Waals surface area contributed by atoms with Gasteiger partial charge in [0.15, 0.2) is 0 Å². The Balaban J connectivity index is 3.90. The Morgan fingerprint density at radius 3 is 1.82 bits per heavy atom. The third kappa shape index (κ3) is 3.31. The molecule has 1 heteroatoms. The van der Waals surface area contributed by atoms with Crippen molar-refractivity contribution in [3.8, 4) is 0 Å². The van der Waals surface area contributed by atoms with Gasteiger partial charge in [-0.2, -0.15) is 0 Å². The molecule has 0 aromatic rings. The molecule has 0 aliphatic rings. The van der Waals surface area contributed by atoms with Crippen LogP contribution in [0.25, 0.3) is 0 Å². The molecule has 0 radical (unpaired) electrons. The van der Waals surface area contributed by atoms with Gasteiger partial charge in [0, 0.05) is 0 Å². The van der Waals surface area contributed by atoms with E-state index >= 15 is 0 Å². The van der Waals surface area contributed by atoms with E-state index in [1.807, 2.05) is 0 Å². The monoisotopic (exact) mass is 154 g/mol. The Hall–Kier alpha value is 0.0649. The summed E-state index contributed by atoms with van der Waals surface area (Å²) in [6, 6.07) is 0. The van der Waals surface area contributed by atoms with Crippen LogP contribution in [0.1, 0.15) is 41.0 Å². The molecule has 0 spiro atoms. The van der Waals surface area contributed by atoms with Crippen molar-refractivity contribution >= 4 is 7.85 Å². The maximum Gasteiger partial charge on any atom is 0.106 e. The van der Waals surface area contributed by atoms with Gasteiger partial charge in [-0.1, -0.05) is 46.9 Å². The lowest BCUT2D eigenvalue weighted by atomic mass is 9.65. The Morgan fingerprint density at radius 1 is 1.09 bits per heavy atom. The molecule has 0 aromatic heterocycles. The van der Waals surface area contributed by atoms with E-state index in [0.717, 1.165) is 23.6 Å². The van der Waals surface area contributed by atoms with Crippen LogP contribution in [0.4, 0.5) is 0 Å². The van der Waals surface area contributed by atoms with Crippen LogP contribution in [0, 0.1) is 17.8 Å².